The highest BCUT2D eigenvalue weighted by molar-refractivity contribution is 5.85. The van der Waals surface area contributed by atoms with E-state index in [9.17, 15) is 0 Å². The second-order valence-corrected chi connectivity index (χ2v) is 4.35. The minimum absolute atomic E-state index is 0.787. The highest BCUT2D eigenvalue weighted by Crippen LogP contribution is 2.26. The number of amidine groups is 1. The van der Waals surface area contributed by atoms with Gasteiger partial charge in [0.05, 0.1) is 6.54 Å². The van der Waals surface area contributed by atoms with E-state index in [2.05, 4.69) is 16.9 Å². The molecule has 0 amide bonds. The number of aliphatic imine (C=N–C) groups is 1. The van der Waals surface area contributed by atoms with Crippen molar-refractivity contribution in [3.63, 3.8) is 0 Å². The maximum absolute atomic E-state index is 4.62. The van der Waals surface area contributed by atoms with Crippen LogP contribution in [0.2, 0.25) is 0 Å². The minimum Gasteiger partial charge on any atom is -0.361 e. The van der Waals surface area contributed by atoms with Crippen LogP contribution in [0.3, 0.4) is 0 Å². The first-order valence-electron chi connectivity index (χ1n) is 5.63. The number of likely N-dealkylation sites (N-methyl/N-ethyl adjacent to an activating group) is 1. The van der Waals surface area contributed by atoms with Gasteiger partial charge in [0.15, 0.2) is 0 Å². The molecule has 0 saturated heterocycles. The zero-order chi connectivity index (χ0) is 9.10. The van der Waals surface area contributed by atoms with E-state index in [0.29, 0.717) is 0 Å². The predicted molar refractivity (Wildman–Crippen MR) is 56.1 cm³/mol. The van der Waals surface area contributed by atoms with Gasteiger partial charge in [-0.15, -0.1) is 0 Å². The van der Waals surface area contributed by atoms with Crippen molar-refractivity contribution >= 4 is 5.84 Å². The van der Waals surface area contributed by atoms with Crippen LogP contribution < -0.4 is 0 Å². The Morgan fingerprint density at radius 3 is 2.38 bits per heavy atom. The summed E-state index contributed by atoms with van der Waals surface area (Å²) in [5.74, 6) is 2.19. The monoisotopic (exact) mass is 180 g/mol. The van der Waals surface area contributed by atoms with Gasteiger partial charge in [0, 0.05) is 19.5 Å². The summed E-state index contributed by atoms with van der Waals surface area (Å²) >= 11 is 0. The van der Waals surface area contributed by atoms with E-state index in [1.807, 2.05) is 0 Å². The van der Waals surface area contributed by atoms with Crippen LogP contribution in [0.1, 0.15) is 38.5 Å². The van der Waals surface area contributed by atoms with E-state index in [1.54, 1.807) is 0 Å². The molecule has 74 valence electrons. The van der Waals surface area contributed by atoms with Crippen molar-refractivity contribution in [2.75, 3.05) is 20.1 Å². The molecule has 2 heteroatoms. The summed E-state index contributed by atoms with van der Waals surface area (Å²) in [6.45, 7) is 2.17. The lowest BCUT2D eigenvalue weighted by Crippen LogP contribution is -2.29. The van der Waals surface area contributed by atoms with E-state index < -0.39 is 0 Å². The first-order valence-corrected chi connectivity index (χ1v) is 5.63. The van der Waals surface area contributed by atoms with Crippen molar-refractivity contribution in [3.8, 4) is 0 Å². The molecular formula is C11H20N2. The number of hydrogen-bond donors (Lipinski definition) is 0. The smallest absolute Gasteiger partial charge is 0.102 e. The first kappa shape index (κ1) is 9.04. The molecule has 0 aromatic carbocycles. The SMILES string of the molecule is CN1CCN=C1C1CCCCCC1. The zero-order valence-corrected chi connectivity index (χ0v) is 8.63. The largest absolute Gasteiger partial charge is 0.361 e. The van der Waals surface area contributed by atoms with Gasteiger partial charge in [0.2, 0.25) is 0 Å². The van der Waals surface area contributed by atoms with Crippen molar-refractivity contribution in [2.45, 2.75) is 38.5 Å². The van der Waals surface area contributed by atoms with Crippen molar-refractivity contribution in [1.82, 2.24) is 4.90 Å². The molecule has 0 aromatic rings. The molecule has 1 aliphatic carbocycles. The van der Waals surface area contributed by atoms with Gasteiger partial charge in [-0.3, -0.25) is 4.99 Å². The standard InChI is InChI=1S/C11H20N2/c1-13-9-8-12-11(13)10-6-4-2-3-5-7-10/h10H,2-9H2,1H3. The van der Waals surface area contributed by atoms with Crippen molar-refractivity contribution in [2.24, 2.45) is 10.9 Å². The molecule has 0 unspecified atom stereocenters. The van der Waals surface area contributed by atoms with Gasteiger partial charge < -0.3 is 4.90 Å². The van der Waals surface area contributed by atoms with E-state index in [0.717, 1.165) is 19.0 Å². The Labute approximate surface area is 81.0 Å². The zero-order valence-electron chi connectivity index (χ0n) is 8.63. The summed E-state index contributed by atoms with van der Waals surface area (Å²) in [7, 11) is 2.19. The van der Waals surface area contributed by atoms with Crippen LogP contribution in [-0.2, 0) is 0 Å². The summed E-state index contributed by atoms with van der Waals surface area (Å²) in [5.41, 5.74) is 0. The third-order valence-corrected chi connectivity index (χ3v) is 3.32. The average Bonchev–Trinajstić information content (AvgIpc) is 2.43. The molecule has 1 heterocycles. The van der Waals surface area contributed by atoms with Gasteiger partial charge in [-0.1, -0.05) is 25.7 Å². The summed E-state index contributed by atoms with van der Waals surface area (Å²) < 4.78 is 0. The van der Waals surface area contributed by atoms with Gasteiger partial charge >= 0.3 is 0 Å². The Morgan fingerprint density at radius 2 is 1.85 bits per heavy atom. The molecular weight excluding hydrogens is 160 g/mol. The fourth-order valence-corrected chi connectivity index (χ4v) is 2.53. The second-order valence-electron chi connectivity index (χ2n) is 4.35. The minimum atomic E-state index is 0.787. The van der Waals surface area contributed by atoms with Crippen molar-refractivity contribution in [3.05, 3.63) is 0 Å². The van der Waals surface area contributed by atoms with E-state index >= 15 is 0 Å². The van der Waals surface area contributed by atoms with Gasteiger partial charge in [-0.25, -0.2) is 0 Å². The Balaban J connectivity index is 1.97. The highest BCUT2D eigenvalue weighted by atomic mass is 15.2. The molecule has 2 nitrogen and oxygen atoms in total. The Kier molecular flexibility index (Phi) is 2.87. The summed E-state index contributed by atoms with van der Waals surface area (Å²) in [6, 6.07) is 0. The Morgan fingerprint density at radius 1 is 1.15 bits per heavy atom. The van der Waals surface area contributed by atoms with Gasteiger partial charge in [-0.2, -0.15) is 0 Å². The number of hydrogen-bond acceptors (Lipinski definition) is 2. The number of nitrogens with zero attached hydrogens (tertiary/aromatic N) is 2. The van der Waals surface area contributed by atoms with E-state index in [4.69, 9.17) is 0 Å². The van der Waals surface area contributed by atoms with Crippen LogP contribution in [0, 0.1) is 5.92 Å². The highest BCUT2D eigenvalue weighted by Gasteiger charge is 2.23. The molecule has 0 aromatic heterocycles. The molecule has 2 aliphatic rings. The fourth-order valence-electron chi connectivity index (χ4n) is 2.53. The third-order valence-electron chi connectivity index (χ3n) is 3.32. The quantitative estimate of drug-likeness (QED) is 0.565. The lowest BCUT2D eigenvalue weighted by molar-refractivity contribution is 0.483. The molecule has 2 rings (SSSR count). The van der Waals surface area contributed by atoms with E-state index in [-0.39, 0.29) is 0 Å². The first-order chi connectivity index (χ1) is 6.38. The van der Waals surface area contributed by atoms with Crippen LogP contribution >= 0.6 is 0 Å². The topological polar surface area (TPSA) is 15.6 Å². The summed E-state index contributed by atoms with van der Waals surface area (Å²) in [6.07, 6.45) is 8.46. The molecule has 1 saturated carbocycles. The second kappa shape index (κ2) is 4.12. The molecule has 0 bridgehead atoms. The third kappa shape index (κ3) is 2.04. The van der Waals surface area contributed by atoms with Gasteiger partial charge in [0.1, 0.15) is 5.84 Å². The number of rotatable bonds is 1. The maximum atomic E-state index is 4.62. The van der Waals surface area contributed by atoms with Crippen LogP contribution in [0.25, 0.3) is 0 Å². The lowest BCUT2D eigenvalue weighted by atomic mass is 9.99. The molecule has 1 fully saturated rings. The van der Waals surface area contributed by atoms with Crippen molar-refractivity contribution in [1.29, 1.82) is 0 Å². The predicted octanol–water partition coefficient (Wildman–Crippen LogP) is 2.30. The summed E-state index contributed by atoms with van der Waals surface area (Å²) in [5, 5.41) is 0. The van der Waals surface area contributed by atoms with E-state index in [1.165, 1.54) is 44.4 Å². The van der Waals surface area contributed by atoms with Gasteiger partial charge in [0.25, 0.3) is 0 Å². The van der Waals surface area contributed by atoms with Gasteiger partial charge in [-0.05, 0) is 12.8 Å². The molecule has 0 spiro atoms. The normalized spacial score (nSPS) is 25.9. The summed E-state index contributed by atoms with van der Waals surface area (Å²) in [4.78, 5) is 6.98. The Hall–Kier alpha value is -0.530. The van der Waals surface area contributed by atoms with Crippen LogP contribution in [0.5, 0.6) is 0 Å². The molecule has 13 heavy (non-hydrogen) atoms. The van der Waals surface area contributed by atoms with Crippen LogP contribution in [-0.4, -0.2) is 30.9 Å². The molecule has 0 radical (unpaired) electrons. The average molecular weight is 180 g/mol. The molecule has 0 atom stereocenters. The Bertz CT molecular complexity index is 190. The molecule has 0 N–H and O–H groups in total. The maximum Gasteiger partial charge on any atom is 0.102 e. The van der Waals surface area contributed by atoms with Crippen LogP contribution in [0.15, 0.2) is 4.99 Å². The molecule has 1 aliphatic heterocycles. The fraction of sp³-hybridized carbons (Fsp3) is 0.909. The lowest BCUT2D eigenvalue weighted by Gasteiger charge is -2.21. The van der Waals surface area contributed by atoms with Crippen LogP contribution in [0.4, 0.5) is 0 Å². The van der Waals surface area contributed by atoms with Crippen molar-refractivity contribution < 1.29 is 0 Å².